The molecular weight excluding hydrogens is 298 g/mol. The summed E-state index contributed by atoms with van der Waals surface area (Å²) < 4.78 is 10.1. The molecule has 0 saturated carbocycles. The molecule has 0 heterocycles. The Bertz CT molecular complexity index is 421. The summed E-state index contributed by atoms with van der Waals surface area (Å²) in [5.41, 5.74) is 0. The fourth-order valence-electron chi connectivity index (χ4n) is 1.12. The summed E-state index contributed by atoms with van der Waals surface area (Å²) >= 11 is 17.5. The summed E-state index contributed by atoms with van der Waals surface area (Å²) in [6.07, 6.45) is 1.80. The fourth-order valence-corrected chi connectivity index (χ4v) is 1.71. The molecule has 100 valence electrons. The molecule has 0 bridgehead atoms. The first-order valence-corrected chi connectivity index (χ1v) is 6.61. The molecule has 0 aliphatic heterocycles. The van der Waals surface area contributed by atoms with Gasteiger partial charge < -0.3 is 9.47 Å². The van der Waals surface area contributed by atoms with Gasteiger partial charge in [-0.05, 0) is 12.5 Å². The quantitative estimate of drug-likeness (QED) is 0.444. The highest BCUT2D eigenvalue weighted by Gasteiger charge is 2.10. The van der Waals surface area contributed by atoms with Crippen molar-refractivity contribution in [2.45, 2.75) is 19.8 Å². The van der Waals surface area contributed by atoms with Crippen molar-refractivity contribution in [1.29, 1.82) is 0 Å². The number of esters is 1. The molecular formula is C12H13Cl3O3. The molecule has 1 rings (SSSR count). The van der Waals surface area contributed by atoms with Crippen molar-refractivity contribution in [2.75, 3.05) is 13.2 Å². The Hall–Kier alpha value is -0.640. The van der Waals surface area contributed by atoms with Crippen molar-refractivity contribution >= 4 is 40.8 Å². The van der Waals surface area contributed by atoms with Gasteiger partial charge in [0.2, 0.25) is 0 Å². The number of benzene rings is 1. The van der Waals surface area contributed by atoms with Gasteiger partial charge in [0.25, 0.3) is 0 Å². The lowest BCUT2D eigenvalue weighted by molar-refractivity contribution is -0.146. The topological polar surface area (TPSA) is 35.5 Å². The van der Waals surface area contributed by atoms with Crippen LogP contribution in [0.4, 0.5) is 0 Å². The zero-order chi connectivity index (χ0) is 13.5. The first kappa shape index (κ1) is 15.4. The number of carbonyl (C=O) groups excluding carboxylic acids is 1. The molecule has 0 fully saturated rings. The molecule has 0 saturated heterocycles. The molecule has 1 aromatic carbocycles. The number of rotatable bonds is 6. The second kappa shape index (κ2) is 7.72. The maximum absolute atomic E-state index is 11.3. The van der Waals surface area contributed by atoms with E-state index in [-0.39, 0.29) is 6.61 Å². The Morgan fingerprint density at radius 2 is 1.83 bits per heavy atom. The summed E-state index contributed by atoms with van der Waals surface area (Å²) in [5, 5.41) is 0.945. The van der Waals surface area contributed by atoms with Crippen LogP contribution in [0.3, 0.4) is 0 Å². The van der Waals surface area contributed by atoms with Crippen LogP contribution in [0.1, 0.15) is 19.8 Å². The van der Waals surface area contributed by atoms with Gasteiger partial charge in [0.1, 0.15) is 5.75 Å². The number of unbranched alkanes of at least 4 members (excludes halogenated alkanes) is 1. The maximum atomic E-state index is 11.3. The standard InChI is InChI=1S/C12H13Cl3O3/c1-2-3-4-17-12(16)7-18-11-6-9(14)8(13)5-10(11)15/h5-6H,2-4,7H2,1H3. The van der Waals surface area contributed by atoms with E-state index in [2.05, 4.69) is 0 Å². The van der Waals surface area contributed by atoms with Gasteiger partial charge in [-0.25, -0.2) is 4.79 Å². The largest absolute Gasteiger partial charge is 0.480 e. The minimum atomic E-state index is -0.439. The van der Waals surface area contributed by atoms with Gasteiger partial charge >= 0.3 is 5.97 Å². The van der Waals surface area contributed by atoms with E-state index in [9.17, 15) is 4.79 Å². The van der Waals surface area contributed by atoms with Gasteiger partial charge in [-0.1, -0.05) is 48.1 Å². The van der Waals surface area contributed by atoms with Crippen LogP contribution in [-0.2, 0) is 9.53 Å². The number of hydrogen-bond donors (Lipinski definition) is 0. The Morgan fingerprint density at radius 3 is 2.50 bits per heavy atom. The van der Waals surface area contributed by atoms with Gasteiger partial charge in [-0.15, -0.1) is 0 Å². The van der Waals surface area contributed by atoms with E-state index >= 15 is 0 Å². The van der Waals surface area contributed by atoms with Crippen molar-refractivity contribution < 1.29 is 14.3 Å². The van der Waals surface area contributed by atoms with E-state index < -0.39 is 5.97 Å². The van der Waals surface area contributed by atoms with Gasteiger partial charge in [-0.2, -0.15) is 0 Å². The van der Waals surface area contributed by atoms with Gasteiger partial charge in [0, 0.05) is 6.07 Å². The van der Waals surface area contributed by atoms with Gasteiger partial charge in [-0.3, -0.25) is 0 Å². The minimum Gasteiger partial charge on any atom is -0.480 e. The maximum Gasteiger partial charge on any atom is 0.344 e. The smallest absolute Gasteiger partial charge is 0.344 e. The lowest BCUT2D eigenvalue weighted by Gasteiger charge is -2.09. The van der Waals surface area contributed by atoms with Crippen molar-refractivity contribution in [2.24, 2.45) is 0 Å². The molecule has 0 aliphatic carbocycles. The van der Waals surface area contributed by atoms with Crippen LogP contribution in [0.25, 0.3) is 0 Å². The molecule has 0 amide bonds. The van der Waals surface area contributed by atoms with Crippen LogP contribution >= 0.6 is 34.8 Å². The number of hydrogen-bond acceptors (Lipinski definition) is 3. The molecule has 1 aromatic rings. The third-order valence-electron chi connectivity index (χ3n) is 2.08. The van der Waals surface area contributed by atoms with Crippen LogP contribution in [-0.4, -0.2) is 19.2 Å². The first-order valence-electron chi connectivity index (χ1n) is 5.47. The summed E-state index contributed by atoms with van der Waals surface area (Å²) in [6.45, 7) is 2.20. The average Bonchev–Trinajstić information content (AvgIpc) is 2.32. The Morgan fingerprint density at radius 1 is 1.17 bits per heavy atom. The highest BCUT2D eigenvalue weighted by molar-refractivity contribution is 6.43. The second-order valence-electron chi connectivity index (χ2n) is 3.56. The molecule has 0 spiro atoms. The normalized spacial score (nSPS) is 10.2. The monoisotopic (exact) mass is 310 g/mol. The molecule has 18 heavy (non-hydrogen) atoms. The molecule has 0 N–H and O–H groups in total. The van der Waals surface area contributed by atoms with E-state index in [1.54, 1.807) is 0 Å². The number of ether oxygens (including phenoxy) is 2. The Labute approximate surface area is 121 Å². The van der Waals surface area contributed by atoms with Crippen molar-refractivity contribution in [3.8, 4) is 5.75 Å². The summed E-state index contributed by atoms with van der Waals surface area (Å²) in [5.74, 6) is -0.135. The van der Waals surface area contributed by atoms with Crippen molar-refractivity contribution in [1.82, 2.24) is 0 Å². The highest BCUT2D eigenvalue weighted by atomic mass is 35.5. The molecule has 0 aliphatic rings. The highest BCUT2D eigenvalue weighted by Crippen LogP contribution is 2.33. The molecule has 0 atom stereocenters. The van der Waals surface area contributed by atoms with Crippen molar-refractivity contribution in [3.05, 3.63) is 27.2 Å². The summed E-state index contributed by atoms with van der Waals surface area (Å²) in [7, 11) is 0. The average molecular weight is 312 g/mol. The van der Waals surface area contributed by atoms with Crippen LogP contribution in [0, 0.1) is 0 Å². The van der Waals surface area contributed by atoms with Crippen molar-refractivity contribution in [3.63, 3.8) is 0 Å². The lowest BCUT2D eigenvalue weighted by atomic mass is 10.3. The lowest BCUT2D eigenvalue weighted by Crippen LogP contribution is -2.15. The third kappa shape index (κ3) is 4.92. The zero-order valence-corrected chi connectivity index (χ0v) is 12.1. The molecule has 0 unspecified atom stereocenters. The molecule has 6 heteroatoms. The van der Waals surface area contributed by atoms with Crippen LogP contribution < -0.4 is 4.74 Å². The second-order valence-corrected chi connectivity index (χ2v) is 4.78. The number of halogens is 3. The first-order chi connectivity index (χ1) is 8.54. The van der Waals surface area contributed by atoms with E-state index in [0.29, 0.717) is 27.4 Å². The molecule has 0 aromatic heterocycles. The summed E-state index contributed by atoms with van der Waals surface area (Å²) in [4.78, 5) is 11.3. The van der Waals surface area contributed by atoms with Crippen LogP contribution in [0.5, 0.6) is 5.75 Å². The molecule has 0 radical (unpaired) electrons. The number of carbonyl (C=O) groups is 1. The SMILES string of the molecule is CCCCOC(=O)COc1cc(Cl)c(Cl)cc1Cl. The zero-order valence-electron chi connectivity index (χ0n) is 9.84. The Kier molecular flexibility index (Phi) is 6.61. The van der Waals surface area contributed by atoms with E-state index in [0.717, 1.165) is 12.8 Å². The van der Waals surface area contributed by atoms with E-state index in [4.69, 9.17) is 44.3 Å². The summed E-state index contributed by atoms with van der Waals surface area (Å²) in [6, 6.07) is 2.93. The van der Waals surface area contributed by atoms with Gasteiger partial charge in [0.15, 0.2) is 6.61 Å². The van der Waals surface area contributed by atoms with Gasteiger partial charge in [0.05, 0.1) is 21.7 Å². The predicted molar refractivity (Wildman–Crippen MR) is 72.8 cm³/mol. The van der Waals surface area contributed by atoms with Crippen LogP contribution in [0.15, 0.2) is 12.1 Å². The van der Waals surface area contributed by atoms with E-state index in [1.807, 2.05) is 6.92 Å². The third-order valence-corrected chi connectivity index (χ3v) is 3.10. The molecule has 3 nitrogen and oxygen atoms in total. The van der Waals surface area contributed by atoms with Crippen LogP contribution in [0.2, 0.25) is 15.1 Å². The minimum absolute atomic E-state index is 0.207. The predicted octanol–water partition coefficient (Wildman–Crippen LogP) is 4.37. The Balaban J connectivity index is 2.48. The fraction of sp³-hybridized carbons (Fsp3) is 0.417. The van der Waals surface area contributed by atoms with E-state index in [1.165, 1.54) is 12.1 Å².